The molecule has 0 aliphatic rings. The van der Waals surface area contributed by atoms with Crippen molar-refractivity contribution in [2.45, 2.75) is 13.0 Å². The molecule has 0 saturated carbocycles. The molecule has 0 spiro atoms. The Bertz CT molecular complexity index is 626. The molecule has 1 atom stereocenters. The van der Waals surface area contributed by atoms with Crippen molar-refractivity contribution in [1.29, 1.82) is 0 Å². The molecule has 0 amide bonds. The predicted molar refractivity (Wildman–Crippen MR) is 64.8 cm³/mol. The number of carboxylic acid groups (broad SMARTS) is 1. The lowest BCUT2D eigenvalue weighted by Gasteiger charge is -2.10. The van der Waals surface area contributed by atoms with E-state index in [0.717, 1.165) is 11.7 Å². The minimum absolute atomic E-state index is 0.120. The fraction of sp³-hybridized carbons (Fsp3) is 0.222. The van der Waals surface area contributed by atoms with Crippen LogP contribution in [0.3, 0.4) is 0 Å². The van der Waals surface area contributed by atoms with Crippen molar-refractivity contribution in [2.24, 2.45) is 0 Å². The zero-order valence-corrected chi connectivity index (χ0v) is 9.97. The Labute approximate surface area is 105 Å². The summed E-state index contributed by atoms with van der Waals surface area (Å²) >= 11 is 0.870. The van der Waals surface area contributed by atoms with Crippen LogP contribution in [0.2, 0.25) is 0 Å². The van der Waals surface area contributed by atoms with Gasteiger partial charge in [-0.25, -0.2) is 0 Å². The van der Waals surface area contributed by atoms with Crippen LogP contribution >= 0.6 is 11.7 Å². The normalized spacial score (nSPS) is 12.3. The second-order valence-corrected chi connectivity index (χ2v) is 4.08. The van der Waals surface area contributed by atoms with E-state index in [1.807, 2.05) is 0 Å². The molecule has 0 bridgehead atoms. The van der Waals surface area contributed by atoms with E-state index in [4.69, 9.17) is 5.11 Å². The molecule has 18 heavy (non-hydrogen) atoms. The number of fused-ring (bicyclic) bond motifs is 1. The highest BCUT2D eigenvalue weighted by molar-refractivity contribution is 7.00. The van der Waals surface area contributed by atoms with Gasteiger partial charge in [0.25, 0.3) is 0 Å². The molecule has 0 aliphatic heterocycles. The van der Waals surface area contributed by atoms with Crippen molar-refractivity contribution >= 4 is 40.1 Å². The number of aromatic nitrogens is 2. The summed E-state index contributed by atoms with van der Waals surface area (Å²) in [7, 11) is 0. The first-order valence-corrected chi connectivity index (χ1v) is 5.62. The first-order chi connectivity index (χ1) is 8.50. The highest BCUT2D eigenvalue weighted by atomic mass is 32.1. The van der Waals surface area contributed by atoms with Gasteiger partial charge in [0, 0.05) is 0 Å². The van der Waals surface area contributed by atoms with Crippen LogP contribution in [0.25, 0.3) is 11.0 Å². The molecule has 0 aliphatic carbocycles. The molecule has 8 nitrogen and oxygen atoms in total. The van der Waals surface area contributed by atoms with E-state index in [1.165, 1.54) is 13.0 Å². The lowest BCUT2D eigenvalue weighted by Crippen LogP contribution is -2.25. The predicted octanol–water partition coefficient (Wildman–Crippen LogP) is 1.48. The lowest BCUT2D eigenvalue weighted by molar-refractivity contribution is -0.382. The van der Waals surface area contributed by atoms with Gasteiger partial charge < -0.3 is 10.4 Å². The van der Waals surface area contributed by atoms with E-state index < -0.39 is 16.9 Å². The molecule has 0 saturated heterocycles. The van der Waals surface area contributed by atoms with Crippen LogP contribution in [0, 0.1) is 10.1 Å². The maximum Gasteiger partial charge on any atom is 0.325 e. The molecular formula is C9H8N4O4S. The summed E-state index contributed by atoms with van der Waals surface area (Å²) in [6, 6.07) is 2.05. The number of carbonyl (C=O) groups is 1. The summed E-state index contributed by atoms with van der Waals surface area (Å²) in [6.07, 6.45) is 0. The zero-order valence-electron chi connectivity index (χ0n) is 9.15. The third kappa shape index (κ3) is 2.07. The average Bonchev–Trinajstić information content (AvgIpc) is 2.75. The Morgan fingerprint density at radius 2 is 2.28 bits per heavy atom. The minimum atomic E-state index is -1.10. The number of aliphatic carboxylic acids is 1. The molecule has 94 valence electrons. The van der Waals surface area contributed by atoms with Gasteiger partial charge in [0.15, 0.2) is 5.52 Å². The van der Waals surface area contributed by atoms with E-state index in [-0.39, 0.29) is 16.9 Å². The molecule has 0 fully saturated rings. The van der Waals surface area contributed by atoms with Crippen molar-refractivity contribution in [3.8, 4) is 0 Å². The summed E-state index contributed by atoms with van der Waals surface area (Å²) < 4.78 is 7.75. The van der Waals surface area contributed by atoms with Crippen molar-refractivity contribution in [2.75, 3.05) is 5.32 Å². The monoisotopic (exact) mass is 268 g/mol. The number of nitro benzene ring substituents is 1. The Morgan fingerprint density at radius 1 is 1.56 bits per heavy atom. The van der Waals surface area contributed by atoms with Gasteiger partial charge in [-0.3, -0.25) is 14.9 Å². The number of rotatable bonds is 4. The number of nitrogens with one attached hydrogen (secondary N) is 1. The smallest absolute Gasteiger partial charge is 0.325 e. The van der Waals surface area contributed by atoms with Crippen LogP contribution in [0.1, 0.15) is 6.92 Å². The van der Waals surface area contributed by atoms with Crippen molar-refractivity contribution in [3.05, 3.63) is 22.2 Å². The standard InChI is InChI=1S/C9H8N4O4S/c1-4(9(14)15)10-6-3-2-5-7(12-18-11-5)8(6)13(16)17/h2-4,10H,1H3,(H,14,15). The second-order valence-electron chi connectivity index (χ2n) is 3.56. The van der Waals surface area contributed by atoms with Crippen LogP contribution in [-0.4, -0.2) is 30.8 Å². The first kappa shape index (κ1) is 12.2. The van der Waals surface area contributed by atoms with E-state index in [0.29, 0.717) is 5.52 Å². The van der Waals surface area contributed by atoms with Gasteiger partial charge in [-0.05, 0) is 19.1 Å². The number of hydrogen-bond donors (Lipinski definition) is 2. The Morgan fingerprint density at radius 3 is 2.89 bits per heavy atom. The third-order valence-electron chi connectivity index (χ3n) is 2.33. The van der Waals surface area contributed by atoms with Gasteiger partial charge in [-0.15, -0.1) is 0 Å². The highest BCUT2D eigenvalue weighted by Gasteiger charge is 2.23. The highest BCUT2D eigenvalue weighted by Crippen LogP contribution is 2.32. The lowest BCUT2D eigenvalue weighted by atomic mass is 10.2. The van der Waals surface area contributed by atoms with Gasteiger partial charge in [-0.2, -0.15) is 8.75 Å². The topological polar surface area (TPSA) is 118 Å². The van der Waals surface area contributed by atoms with Crippen molar-refractivity contribution in [1.82, 2.24) is 8.75 Å². The Kier molecular flexibility index (Phi) is 3.06. The molecule has 0 radical (unpaired) electrons. The second kappa shape index (κ2) is 4.53. The van der Waals surface area contributed by atoms with E-state index >= 15 is 0 Å². The maximum absolute atomic E-state index is 11.0. The molecule has 1 aromatic carbocycles. The van der Waals surface area contributed by atoms with Gasteiger partial charge in [0.05, 0.1) is 16.7 Å². The summed E-state index contributed by atoms with van der Waals surface area (Å²) in [5.41, 5.74) is 0.442. The average molecular weight is 268 g/mol. The molecule has 1 aromatic heterocycles. The summed E-state index contributed by atoms with van der Waals surface area (Å²) in [6.45, 7) is 1.40. The van der Waals surface area contributed by atoms with Crippen molar-refractivity contribution < 1.29 is 14.8 Å². The molecule has 9 heteroatoms. The number of nitro groups is 1. The number of anilines is 1. The van der Waals surface area contributed by atoms with Crippen molar-refractivity contribution in [3.63, 3.8) is 0 Å². The van der Waals surface area contributed by atoms with Gasteiger partial charge in [0.1, 0.15) is 17.2 Å². The van der Waals surface area contributed by atoms with Gasteiger partial charge in [0.2, 0.25) is 0 Å². The summed E-state index contributed by atoms with van der Waals surface area (Å²) in [5, 5.41) is 22.4. The molecule has 2 N–H and O–H groups in total. The van der Waals surface area contributed by atoms with E-state index in [9.17, 15) is 14.9 Å². The zero-order chi connectivity index (χ0) is 13.3. The summed E-state index contributed by atoms with van der Waals surface area (Å²) in [5.74, 6) is -1.10. The first-order valence-electron chi connectivity index (χ1n) is 4.89. The molecule has 1 unspecified atom stereocenters. The molecule has 1 heterocycles. The molecular weight excluding hydrogens is 260 g/mol. The maximum atomic E-state index is 11.0. The van der Waals surface area contributed by atoms with E-state index in [1.54, 1.807) is 6.07 Å². The SMILES string of the molecule is CC(Nc1ccc2nsnc2c1[N+](=O)[O-])C(=O)O. The number of benzene rings is 1. The molecule has 2 aromatic rings. The number of nitrogens with zero attached hydrogens (tertiary/aromatic N) is 3. The Balaban J connectivity index is 2.52. The van der Waals surface area contributed by atoms with Gasteiger partial charge >= 0.3 is 11.7 Å². The fourth-order valence-corrected chi connectivity index (χ4v) is 1.97. The number of carboxylic acids is 1. The van der Waals surface area contributed by atoms with Crippen LogP contribution in [0.4, 0.5) is 11.4 Å². The third-order valence-corrected chi connectivity index (χ3v) is 2.87. The molecule has 2 rings (SSSR count). The Hall–Kier alpha value is -2.29. The van der Waals surface area contributed by atoms with Gasteiger partial charge in [-0.1, -0.05) is 0 Å². The van der Waals surface area contributed by atoms with Crippen LogP contribution < -0.4 is 5.32 Å². The van der Waals surface area contributed by atoms with E-state index in [2.05, 4.69) is 14.1 Å². The van der Waals surface area contributed by atoms with Crippen LogP contribution in [0.5, 0.6) is 0 Å². The number of hydrogen-bond acceptors (Lipinski definition) is 7. The fourth-order valence-electron chi connectivity index (χ4n) is 1.43. The van der Waals surface area contributed by atoms with Crippen LogP contribution in [-0.2, 0) is 4.79 Å². The largest absolute Gasteiger partial charge is 0.480 e. The van der Waals surface area contributed by atoms with Crippen LogP contribution in [0.15, 0.2) is 12.1 Å². The quantitative estimate of drug-likeness (QED) is 0.636. The summed E-state index contributed by atoms with van der Waals surface area (Å²) in [4.78, 5) is 21.2. The minimum Gasteiger partial charge on any atom is -0.480 e.